The van der Waals surface area contributed by atoms with Gasteiger partial charge in [0, 0.05) is 23.7 Å². The van der Waals surface area contributed by atoms with Crippen LogP contribution in [0.5, 0.6) is 17.2 Å². The van der Waals surface area contributed by atoms with Gasteiger partial charge in [0.2, 0.25) is 6.79 Å². The molecular weight excluding hydrogens is 441 g/mol. The molecule has 2 aromatic carbocycles. The topological polar surface area (TPSA) is 86.6 Å². The van der Waals surface area contributed by atoms with E-state index in [2.05, 4.69) is 15.7 Å². The van der Waals surface area contributed by atoms with Crippen LogP contribution in [0.2, 0.25) is 0 Å². The summed E-state index contributed by atoms with van der Waals surface area (Å²) in [5.41, 5.74) is 0.957. The molecule has 11 heteroatoms. The van der Waals surface area contributed by atoms with Crippen LogP contribution >= 0.6 is 0 Å². The van der Waals surface area contributed by atoms with E-state index in [1.807, 2.05) is 0 Å². The monoisotopic (exact) mass is 460 g/mol. The zero-order chi connectivity index (χ0) is 23.2. The molecule has 8 nitrogen and oxygen atoms in total. The number of nitrogens with one attached hydrogen (secondary N) is 2. The highest BCUT2D eigenvalue weighted by molar-refractivity contribution is 6.07. The fourth-order valence-corrected chi connectivity index (χ4v) is 4.06. The molecule has 2 aliphatic rings. The molecule has 3 heterocycles. The highest BCUT2D eigenvalue weighted by Crippen LogP contribution is 2.46. The maximum absolute atomic E-state index is 13.9. The average molecular weight is 460 g/mol. The first-order valence-electron chi connectivity index (χ1n) is 10.1. The minimum Gasteiger partial charge on any atom is -0.496 e. The number of ether oxygens (including phenoxy) is 3. The number of anilines is 2. The summed E-state index contributed by atoms with van der Waals surface area (Å²) in [6.45, 7) is 0.0801. The Morgan fingerprint density at radius 1 is 1.21 bits per heavy atom. The standard InChI is InChI=1S/C22H19F3N4O4/c1-31-16-5-3-2-4-13(16)15-9-19(22(23,24)25)29-20(28-15)14(10-26-29)21(30)27-12-6-7-17-18(8-12)33-11-32-17/h2-8,10,15,19,28H,9,11H2,1H3,(H,27,30)/t15-,19+/m1/s1. The SMILES string of the molecule is COc1ccccc1[C@H]1C[C@@H](C(F)(F)F)n2ncc(C(=O)Nc3ccc4c(c3)OCO4)c2N1. The Kier molecular flexibility index (Phi) is 5.03. The number of carbonyl (C=O) groups excluding carboxylic acids is 1. The van der Waals surface area contributed by atoms with Crippen molar-refractivity contribution in [3.63, 3.8) is 0 Å². The van der Waals surface area contributed by atoms with Crippen molar-refractivity contribution >= 4 is 17.4 Å². The summed E-state index contributed by atoms with van der Waals surface area (Å²) in [7, 11) is 1.46. The van der Waals surface area contributed by atoms with Crippen molar-refractivity contribution in [2.75, 3.05) is 24.5 Å². The number of benzene rings is 2. The first-order valence-corrected chi connectivity index (χ1v) is 10.1. The van der Waals surface area contributed by atoms with E-state index in [0.717, 1.165) is 10.9 Å². The zero-order valence-electron chi connectivity index (χ0n) is 17.3. The van der Waals surface area contributed by atoms with Gasteiger partial charge in [-0.3, -0.25) is 4.79 Å². The van der Waals surface area contributed by atoms with E-state index >= 15 is 0 Å². The van der Waals surface area contributed by atoms with E-state index in [9.17, 15) is 18.0 Å². The summed E-state index contributed by atoms with van der Waals surface area (Å²) < 4.78 is 58.5. The van der Waals surface area contributed by atoms with Gasteiger partial charge in [0.1, 0.15) is 17.1 Å². The molecule has 1 aromatic heterocycles. The van der Waals surface area contributed by atoms with Gasteiger partial charge in [-0.2, -0.15) is 18.3 Å². The van der Waals surface area contributed by atoms with E-state index in [0.29, 0.717) is 28.5 Å². The number of methoxy groups -OCH3 is 1. The van der Waals surface area contributed by atoms with Gasteiger partial charge in [-0.15, -0.1) is 0 Å². The van der Waals surface area contributed by atoms with Crippen molar-refractivity contribution in [2.45, 2.75) is 24.7 Å². The highest BCUT2D eigenvalue weighted by Gasteiger charge is 2.47. The Labute approximate surface area is 186 Å². The first-order chi connectivity index (χ1) is 15.8. The smallest absolute Gasteiger partial charge is 0.410 e. The lowest BCUT2D eigenvalue weighted by Gasteiger charge is -2.34. The fraction of sp³-hybridized carbons (Fsp3) is 0.273. The third-order valence-electron chi connectivity index (χ3n) is 5.63. The van der Waals surface area contributed by atoms with Crippen LogP contribution in [0.15, 0.2) is 48.7 Å². The molecule has 5 rings (SSSR count). The molecule has 2 aliphatic heterocycles. The molecule has 33 heavy (non-hydrogen) atoms. The van der Waals surface area contributed by atoms with Crippen molar-refractivity contribution < 1.29 is 32.2 Å². The van der Waals surface area contributed by atoms with Gasteiger partial charge >= 0.3 is 6.18 Å². The average Bonchev–Trinajstić information content (AvgIpc) is 3.44. The van der Waals surface area contributed by atoms with Gasteiger partial charge in [0.25, 0.3) is 5.91 Å². The Hall–Kier alpha value is -3.89. The molecule has 1 amide bonds. The number of amides is 1. The molecule has 0 saturated heterocycles. The lowest BCUT2D eigenvalue weighted by atomic mass is 9.95. The summed E-state index contributed by atoms with van der Waals surface area (Å²) >= 11 is 0. The van der Waals surface area contributed by atoms with Crippen molar-refractivity contribution in [3.8, 4) is 17.2 Å². The Morgan fingerprint density at radius 3 is 2.79 bits per heavy atom. The third kappa shape index (κ3) is 3.79. The summed E-state index contributed by atoms with van der Waals surface area (Å²) in [6.07, 6.45) is -3.73. The van der Waals surface area contributed by atoms with Crippen molar-refractivity contribution in [2.24, 2.45) is 0 Å². The second-order valence-corrected chi connectivity index (χ2v) is 7.61. The van der Waals surface area contributed by atoms with Gasteiger partial charge in [-0.25, -0.2) is 4.68 Å². The summed E-state index contributed by atoms with van der Waals surface area (Å²) in [6, 6.07) is 9.03. The first kappa shape index (κ1) is 21.0. The molecule has 0 bridgehead atoms. The minimum absolute atomic E-state index is 0.0125. The lowest BCUT2D eigenvalue weighted by molar-refractivity contribution is -0.173. The van der Waals surface area contributed by atoms with E-state index in [-0.39, 0.29) is 24.6 Å². The van der Waals surface area contributed by atoms with Gasteiger partial charge in [-0.1, -0.05) is 18.2 Å². The van der Waals surface area contributed by atoms with Crippen molar-refractivity contribution in [3.05, 3.63) is 59.8 Å². The molecule has 3 aromatic rings. The number of halogens is 3. The molecule has 0 unspecified atom stereocenters. The van der Waals surface area contributed by atoms with E-state index in [1.165, 1.54) is 7.11 Å². The highest BCUT2D eigenvalue weighted by atomic mass is 19.4. The third-order valence-corrected chi connectivity index (χ3v) is 5.63. The predicted molar refractivity (Wildman–Crippen MR) is 112 cm³/mol. The molecule has 2 atom stereocenters. The van der Waals surface area contributed by atoms with Crippen LogP contribution in [0.4, 0.5) is 24.7 Å². The van der Waals surface area contributed by atoms with Crippen LogP contribution < -0.4 is 24.8 Å². The van der Waals surface area contributed by atoms with Gasteiger partial charge in [0.15, 0.2) is 17.5 Å². The molecule has 172 valence electrons. The summed E-state index contributed by atoms with van der Waals surface area (Å²) in [5, 5.41) is 9.64. The molecule has 0 fully saturated rings. The van der Waals surface area contributed by atoms with Crippen molar-refractivity contribution in [1.82, 2.24) is 9.78 Å². The predicted octanol–water partition coefficient (Wildman–Crippen LogP) is 4.53. The van der Waals surface area contributed by atoms with E-state index in [4.69, 9.17) is 14.2 Å². The van der Waals surface area contributed by atoms with E-state index < -0.39 is 24.2 Å². The molecule has 0 radical (unpaired) electrons. The number of rotatable bonds is 4. The molecule has 0 aliphatic carbocycles. The van der Waals surface area contributed by atoms with Gasteiger partial charge in [0.05, 0.1) is 19.3 Å². The van der Waals surface area contributed by atoms with Crippen LogP contribution in [0.1, 0.15) is 34.4 Å². The molecular formula is C22H19F3N4O4. The normalized spacial score (nSPS) is 18.9. The second kappa shape index (κ2) is 7.91. The Bertz CT molecular complexity index is 1210. The maximum atomic E-state index is 13.9. The summed E-state index contributed by atoms with van der Waals surface area (Å²) in [4.78, 5) is 13.0. The number of nitrogens with zero attached hydrogens (tertiary/aromatic N) is 2. The number of para-hydroxylation sites is 1. The number of fused-ring (bicyclic) bond motifs is 2. The molecule has 2 N–H and O–H groups in total. The fourth-order valence-electron chi connectivity index (χ4n) is 4.06. The van der Waals surface area contributed by atoms with Crippen LogP contribution in [0, 0.1) is 0 Å². The van der Waals surface area contributed by atoms with Crippen LogP contribution in [0.25, 0.3) is 0 Å². The van der Waals surface area contributed by atoms with Crippen LogP contribution in [-0.2, 0) is 0 Å². The largest absolute Gasteiger partial charge is 0.496 e. The molecule has 0 spiro atoms. The van der Waals surface area contributed by atoms with Crippen molar-refractivity contribution in [1.29, 1.82) is 0 Å². The quantitative estimate of drug-likeness (QED) is 0.595. The van der Waals surface area contributed by atoms with E-state index in [1.54, 1.807) is 42.5 Å². The Morgan fingerprint density at radius 2 is 2.00 bits per heavy atom. The van der Waals surface area contributed by atoms with Gasteiger partial charge < -0.3 is 24.8 Å². The van der Waals surface area contributed by atoms with Crippen LogP contribution in [-0.4, -0.2) is 35.8 Å². The minimum atomic E-state index is -4.56. The number of aromatic nitrogens is 2. The van der Waals surface area contributed by atoms with Crippen LogP contribution in [0.3, 0.4) is 0 Å². The number of alkyl halides is 3. The number of hydrogen-bond acceptors (Lipinski definition) is 6. The lowest BCUT2D eigenvalue weighted by Crippen LogP contribution is -2.36. The van der Waals surface area contributed by atoms with Gasteiger partial charge in [-0.05, 0) is 18.2 Å². The zero-order valence-corrected chi connectivity index (χ0v) is 17.3. The molecule has 0 saturated carbocycles. The summed E-state index contributed by atoms with van der Waals surface area (Å²) in [5.74, 6) is 0.846. The second-order valence-electron chi connectivity index (χ2n) is 7.61. The number of carbonyl (C=O) groups is 1. The Balaban J connectivity index is 1.48. The number of hydrogen-bond donors (Lipinski definition) is 2. The maximum Gasteiger partial charge on any atom is 0.410 e.